The summed E-state index contributed by atoms with van der Waals surface area (Å²) in [4.78, 5) is 27.3. The predicted molar refractivity (Wildman–Crippen MR) is 82.1 cm³/mol. The number of oxazole rings is 1. The fraction of sp³-hybridized carbons (Fsp3) is 0.118. The van der Waals surface area contributed by atoms with E-state index in [4.69, 9.17) is 4.42 Å². The molecule has 0 amide bonds. The highest BCUT2D eigenvalue weighted by Crippen LogP contribution is 2.25. The molecule has 2 aromatic carbocycles. The SMILES string of the molecule is COC(=O)c1ccc(-c2nc3cc(C(=O)OC)ccc3o2)cc1. The van der Waals surface area contributed by atoms with Gasteiger partial charge in [0.15, 0.2) is 5.58 Å². The van der Waals surface area contributed by atoms with Gasteiger partial charge < -0.3 is 13.9 Å². The number of rotatable bonds is 3. The Morgan fingerprint density at radius 1 is 0.913 bits per heavy atom. The molecule has 3 aromatic rings. The van der Waals surface area contributed by atoms with Gasteiger partial charge in [-0.1, -0.05) is 0 Å². The Bertz CT molecular complexity index is 880. The quantitative estimate of drug-likeness (QED) is 0.692. The third kappa shape index (κ3) is 2.78. The summed E-state index contributed by atoms with van der Waals surface area (Å²) in [5.41, 5.74) is 2.68. The lowest BCUT2D eigenvalue weighted by molar-refractivity contribution is 0.0592. The summed E-state index contributed by atoms with van der Waals surface area (Å²) in [6, 6.07) is 11.6. The van der Waals surface area contributed by atoms with Crippen LogP contribution in [0.5, 0.6) is 0 Å². The first-order valence-electron chi connectivity index (χ1n) is 6.80. The number of fused-ring (bicyclic) bond motifs is 1. The molecule has 0 radical (unpaired) electrons. The van der Waals surface area contributed by atoms with E-state index in [1.54, 1.807) is 42.5 Å². The number of benzene rings is 2. The molecule has 1 aromatic heterocycles. The first kappa shape index (κ1) is 14.8. The highest BCUT2D eigenvalue weighted by Gasteiger charge is 2.13. The number of methoxy groups -OCH3 is 2. The molecule has 0 spiro atoms. The zero-order valence-corrected chi connectivity index (χ0v) is 12.5. The third-order valence-electron chi connectivity index (χ3n) is 3.36. The maximum absolute atomic E-state index is 11.5. The third-order valence-corrected chi connectivity index (χ3v) is 3.36. The van der Waals surface area contributed by atoms with E-state index in [0.717, 1.165) is 0 Å². The lowest BCUT2D eigenvalue weighted by Crippen LogP contribution is -2.00. The lowest BCUT2D eigenvalue weighted by atomic mass is 10.1. The predicted octanol–water partition coefficient (Wildman–Crippen LogP) is 3.07. The van der Waals surface area contributed by atoms with E-state index in [0.29, 0.717) is 33.7 Å². The molecular formula is C17H13NO5. The van der Waals surface area contributed by atoms with Gasteiger partial charge in [0.2, 0.25) is 5.89 Å². The highest BCUT2D eigenvalue weighted by molar-refractivity contribution is 5.93. The van der Waals surface area contributed by atoms with Crippen molar-refractivity contribution in [1.82, 2.24) is 4.98 Å². The van der Waals surface area contributed by atoms with Crippen LogP contribution in [0.15, 0.2) is 46.9 Å². The average Bonchev–Trinajstić information content (AvgIpc) is 3.03. The molecule has 0 bridgehead atoms. The Kier molecular flexibility index (Phi) is 3.80. The lowest BCUT2D eigenvalue weighted by Gasteiger charge is -1.99. The zero-order chi connectivity index (χ0) is 16.4. The molecule has 0 saturated heterocycles. The molecule has 1 heterocycles. The minimum Gasteiger partial charge on any atom is -0.465 e. The largest absolute Gasteiger partial charge is 0.465 e. The van der Waals surface area contributed by atoms with Gasteiger partial charge in [-0.2, -0.15) is 0 Å². The van der Waals surface area contributed by atoms with Crippen molar-refractivity contribution in [3.63, 3.8) is 0 Å². The molecule has 0 unspecified atom stereocenters. The van der Waals surface area contributed by atoms with E-state index in [1.165, 1.54) is 14.2 Å². The Balaban J connectivity index is 1.97. The molecule has 23 heavy (non-hydrogen) atoms. The number of ether oxygens (including phenoxy) is 2. The Labute approximate surface area is 131 Å². The van der Waals surface area contributed by atoms with Crippen LogP contribution in [0.4, 0.5) is 0 Å². The minimum atomic E-state index is -0.432. The van der Waals surface area contributed by atoms with Crippen molar-refractivity contribution in [2.75, 3.05) is 14.2 Å². The number of hydrogen-bond donors (Lipinski definition) is 0. The van der Waals surface area contributed by atoms with Gasteiger partial charge in [0, 0.05) is 5.56 Å². The molecular weight excluding hydrogens is 298 g/mol. The van der Waals surface area contributed by atoms with Crippen molar-refractivity contribution >= 4 is 23.0 Å². The van der Waals surface area contributed by atoms with Crippen molar-refractivity contribution in [3.8, 4) is 11.5 Å². The summed E-state index contributed by atoms with van der Waals surface area (Å²) in [5, 5.41) is 0. The van der Waals surface area contributed by atoms with Crippen LogP contribution in [-0.2, 0) is 9.47 Å². The van der Waals surface area contributed by atoms with Gasteiger partial charge in [0.25, 0.3) is 0 Å². The summed E-state index contributed by atoms with van der Waals surface area (Å²) in [5.74, 6) is -0.436. The molecule has 0 saturated carbocycles. The van der Waals surface area contributed by atoms with Crippen LogP contribution >= 0.6 is 0 Å². The average molecular weight is 311 g/mol. The number of nitrogens with zero attached hydrogens (tertiary/aromatic N) is 1. The summed E-state index contributed by atoms with van der Waals surface area (Å²) in [6.07, 6.45) is 0. The Morgan fingerprint density at radius 2 is 1.52 bits per heavy atom. The van der Waals surface area contributed by atoms with E-state index in [-0.39, 0.29) is 0 Å². The van der Waals surface area contributed by atoms with Gasteiger partial charge in [-0.3, -0.25) is 0 Å². The highest BCUT2D eigenvalue weighted by atomic mass is 16.5. The van der Waals surface area contributed by atoms with Crippen molar-refractivity contribution in [2.45, 2.75) is 0 Å². The number of esters is 2. The molecule has 0 aliphatic carbocycles. The smallest absolute Gasteiger partial charge is 0.337 e. The molecule has 6 heteroatoms. The van der Waals surface area contributed by atoms with Gasteiger partial charge in [0.1, 0.15) is 5.52 Å². The molecule has 0 atom stereocenters. The van der Waals surface area contributed by atoms with Crippen LogP contribution in [0, 0.1) is 0 Å². The first-order valence-corrected chi connectivity index (χ1v) is 6.80. The number of carbonyl (C=O) groups excluding carboxylic acids is 2. The van der Waals surface area contributed by atoms with E-state index < -0.39 is 11.9 Å². The fourth-order valence-electron chi connectivity index (χ4n) is 2.16. The van der Waals surface area contributed by atoms with Gasteiger partial charge in [-0.25, -0.2) is 14.6 Å². The van der Waals surface area contributed by atoms with Gasteiger partial charge in [-0.05, 0) is 42.5 Å². The van der Waals surface area contributed by atoms with Crippen LogP contribution < -0.4 is 0 Å². The molecule has 6 nitrogen and oxygen atoms in total. The number of hydrogen-bond acceptors (Lipinski definition) is 6. The standard InChI is InChI=1S/C17H13NO5/c1-21-16(19)11-5-3-10(4-6-11)15-18-13-9-12(17(20)22-2)7-8-14(13)23-15/h3-9H,1-2H3. The second-order valence-electron chi connectivity index (χ2n) is 4.76. The topological polar surface area (TPSA) is 78.6 Å². The second kappa shape index (κ2) is 5.92. The number of carbonyl (C=O) groups is 2. The van der Waals surface area contributed by atoms with Gasteiger partial charge in [0.05, 0.1) is 25.3 Å². The molecule has 0 N–H and O–H groups in total. The second-order valence-corrected chi connectivity index (χ2v) is 4.76. The van der Waals surface area contributed by atoms with E-state index in [2.05, 4.69) is 14.5 Å². The van der Waals surface area contributed by atoms with Crippen molar-refractivity contribution in [1.29, 1.82) is 0 Å². The Morgan fingerprint density at radius 3 is 2.17 bits per heavy atom. The van der Waals surface area contributed by atoms with Gasteiger partial charge in [-0.15, -0.1) is 0 Å². The Hall–Kier alpha value is -3.15. The summed E-state index contributed by atoms with van der Waals surface area (Å²) < 4.78 is 15.0. The van der Waals surface area contributed by atoms with E-state index >= 15 is 0 Å². The normalized spacial score (nSPS) is 10.5. The molecule has 116 valence electrons. The summed E-state index contributed by atoms with van der Waals surface area (Å²) in [7, 11) is 2.65. The monoisotopic (exact) mass is 311 g/mol. The van der Waals surface area contributed by atoms with Crippen molar-refractivity contribution < 1.29 is 23.5 Å². The summed E-state index contributed by atoms with van der Waals surface area (Å²) >= 11 is 0. The van der Waals surface area contributed by atoms with Crippen molar-refractivity contribution in [2.24, 2.45) is 0 Å². The molecule has 0 aliphatic rings. The molecule has 0 aliphatic heterocycles. The zero-order valence-electron chi connectivity index (χ0n) is 12.5. The van der Waals surface area contributed by atoms with E-state index in [9.17, 15) is 9.59 Å². The van der Waals surface area contributed by atoms with Crippen LogP contribution in [0.25, 0.3) is 22.6 Å². The van der Waals surface area contributed by atoms with Crippen LogP contribution in [0.1, 0.15) is 20.7 Å². The maximum atomic E-state index is 11.5. The first-order chi connectivity index (χ1) is 11.1. The summed E-state index contributed by atoms with van der Waals surface area (Å²) in [6.45, 7) is 0. The van der Waals surface area contributed by atoms with Crippen molar-refractivity contribution in [3.05, 3.63) is 53.6 Å². The van der Waals surface area contributed by atoms with Crippen LogP contribution in [-0.4, -0.2) is 31.1 Å². The fourth-order valence-corrected chi connectivity index (χ4v) is 2.16. The minimum absolute atomic E-state index is 0.401. The maximum Gasteiger partial charge on any atom is 0.337 e. The number of aromatic nitrogens is 1. The van der Waals surface area contributed by atoms with E-state index in [1.807, 2.05) is 0 Å². The molecule has 0 fully saturated rings. The van der Waals surface area contributed by atoms with Gasteiger partial charge >= 0.3 is 11.9 Å². The van der Waals surface area contributed by atoms with Crippen LogP contribution in [0.2, 0.25) is 0 Å². The van der Waals surface area contributed by atoms with Crippen LogP contribution in [0.3, 0.4) is 0 Å². The molecule has 3 rings (SSSR count).